The molecule has 0 amide bonds. The van der Waals surface area contributed by atoms with Crippen molar-refractivity contribution in [2.75, 3.05) is 0 Å². The van der Waals surface area contributed by atoms with E-state index in [2.05, 4.69) is 10.1 Å². The lowest BCUT2D eigenvalue weighted by molar-refractivity contribution is -0.137. The third kappa shape index (κ3) is 2.30. The number of aryl methyl sites for hydroxylation is 1. The molecule has 0 atom stereocenters. The van der Waals surface area contributed by atoms with E-state index in [-0.39, 0.29) is 11.4 Å². The molecule has 0 bridgehead atoms. The average molecular weight is 309 g/mol. The summed E-state index contributed by atoms with van der Waals surface area (Å²) in [7, 11) is 1.52. The molecular weight excluding hydrogens is 299 g/mol. The van der Waals surface area contributed by atoms with E-state index >= 15 is 0 Å². The Hall–Kier alpha value is -2.84. The molecule has 2 aromatic heterocycles. The van der Waals surface area contributed by atoms with Crippen LogP contribution in [-0.4, -0.2) is 23.9 Å². The fourth-order valence-corrected chi connectivity index (χ4v) is 2.09. The Kier molecular flexibility index (Phi) is 3.12. The molecule has 0 aliphatic carbocycles. The lowest BCUT2D eigenvalue weighted by Gasteiger charge is -2.14. The zero-order valence-electron chi connectivity index (χ0n) is 11.3. The van der Waals surface area contributed by atoms with Crippen LogP contribution in [0, 0.1) is 0 Å². The van der Waals surface area contributed by atoms with Crippen molar-refractivity contribution in [3.8, 4) is 11.4 Å². The van der Waals surface area contributed by atoms with Crippen LogP contribution >= 0.6 is 0 Å². The number of imidazole rings is 1. The SMILES string of the molecule is Cn1ccn(-c2ccc(-n3cncn3)c(C(F)(F)F)c2)c1=O. The van der Waals surface area contributed by atoms with E-state index in [0.29, 0.717) is 0 Å². The summed E-state index contributed by atoms with van der Waals surface area (Å²) in [6.07, 6.45) is 0.623. The number of aromatic nitrogens is 5. The number of benzene rings is 1. The van der Waals surface area contributed by atoms with Crippen LogP contribution in [0.4, 0.5) is 13.2 Å². The molecule has 0 radical (unpaired) electrons. The highest BCUT2D eigenvalue weighted by atomic mass is 19.4. The second kappa shape index (κ2) is 4.86. The molecular formula is C13H10F3N5O. The maximum absolute atomic E-state index is 13.3. The van der Waals surface area contributed by atoms with Crippen molar-refractivity contribution in [1.29, 1.82) is 0 Å². The monoisotopic (exact) mass is 309 g/mol. The van der Waals surface area contributed by atoms with Gasteiger partial charge in [0.1, 0.15) is 12.7 Å². The van der Waals surface area contributed by atoms with Gasteiger partial charge >= 0.3 is 11.9 Å². The molecule has 114 valence electrons. The molecule has 22 heavy (non-hydrogen) atoms. The Morgan fingerprint density at radius 3 is 2.50 bits per heavy atom. The molecule has 3 aromatic rings. The number of nitrogens with zero attached hydrogens (tertiary/aromatic N) is 5. The van der Waals surface area contributed by atoms with Gasteiger partial charge in [0.2, 0.25) is 0 Å². The van der Waals surface area contributed by atoms with Crippen molar-refractivity contribution in [2.24, 2.45) is 7.05 Å². The van der Waals surface area contributed by atoms with Crippen LogP contribution in [0.1, 0.15) is 5.56 Å². The van der Waals surface area contributed by atoms with E-state index < -0.39 is 17.4 Å². The summed E-state index contributed by atoms with van der Waals surface area (Å²) >= 11 is 0. The van der Waals surface area contributed by atoms with Gasteiger partial charge in [0.25, 0.3) is 0 Å². The Morgan fingerprint density at radius 2 is 1.95 bits per heavy atom. The molecule has 0 saturated carbocycles. The molecule has 0 unspecified atom stereocenters. The van der Waals surface area contributed by atoms with E-state index in [0.717, 1.165) is 21.6 Å². The topological polar surface area (TPSA) is 57.6 Å². The zero-order chi connectivity index (χ0) is 15.9. The van der Waals surface area contributed by atoms with Gasteiger partial charge < -0.3 is 4.57 Å². The van der Waals surface area contributed by atoms with Crippen LogP contribution in [0.5, 0.6) is 0 Å². The quantitative estimate of drug-likeness (QED) is 0.725. The van der Waals surface area contributed by atoms with Crippen LogP contribution in [-0.2, 0) is 13.2 Å². The average Bonchev–Trinajstić information content (AvgIpc) is 3.09. The van der Waals surface area contributed by atoms with E-state index in [1.165, 1.54) is 42.5 Å². The molecule has 1 aromatic carbocycles. The van der Waals surface area contributed by atoms with Gasteiger partial charge in [-0.05, 0) is 18.2 Å². The Bertz CT molecular complexity index is 861. The molecule has 2 heterocycles. The van der Waals surface area contributed by atoms with Gasteiger partial charge in [-0.2, -0.15) is 18.3 Å². The van der Waals surface area contributed by atoms with Gasteiger partial charge in [0.05, 0.1) is 16.9 Å². The van der Waals surface area contributed by atoms with Crippen LogP contribution < -0.4 is 5.69 Å². The Morgan fingerprint density at radius 1 is 1.18 bits per heavy atom. The molecule has 0 fully saturated rings. The van der Waals surface area contributed by atoms with Crippen LogP contribution in [0.2, 0.25) is 0 Å². The van der Waals surface area contributed by atoms with Crippen molar-refractivity contribution >= 4 is 0 Å². The summed E-state index contributed by atoms with van der Waals surface area (Å²) in [6.45, 7) is 0. The first-order valence-corrected chi connectivity index (χ1v) is 6.18. The fourth-order valence-electron chi connectivity index (χ4n) is 2.09. The van der Waals surface area contributed by atoms with E-state index in [4.69, 9.17) is 0 Å². The van der Waals surface area contributed by atoms with E-state index in [9.17, 15) is 18.0 Å². The molecule has 3 rings (SSSR count). The smallest absolute Gasteiger partial charge is 0.302 e. The van der Waals surface area contributed by atoms with Gasteiger partial charge in [-0.25, -0.2) is 14.5 Å². The largest absolute Gasteiger partial charge is 0.418 e. The highest BCUT2D eigenvalue weighted by Crippen LogP contribution is 2.34. The standard InChI is InChI=1S/C13H10F3N5O/c1-19-4-5-20(12(19)22)9-2-3-11(21-8-17-7-18-21)10(6-9)13(14,15)16/h2-8H,1H3. The Balaban J connectivity index is 2.21. The predicted octanol–water partition coefficient (Wildman–Crippen LogP) is 1.78. The van der Waals surface area contributed by atoms with Gasteiger partial charge in [0.15, 0.2) is 0 Å². The first kappa shape index (κ1) is 14.1. The maximum Gasteiger partial charge on any atom is 0.418 e. The van der Waals surface area contributed by atoms with E-state index in [1.54, 1.807) is 0 Å². The second-order valence-corrected chi connectivity index (χ2v) is 4.60. The van der Waals surface area contributed by atoms with Crippen molar-refractivity contribution in [2.45, 2.75) is 6.18 Å². The number of rotatable bonds is 2. The minimum absolute atomic E-state index is 0.127. The van der Waals surface area contributed by atoms with Crippen molar-refractivity contribution < 1.29 is 13.2 Å². The molecule has 0 aliphatic rings. The molecule has 6 nitrogen and oxygen atoms in total. The third-order valence-electron chi connectivity index (χ3n) is 3.18. The van der Waals surface area contributed by atoms with Crippen LogP contribution in [0.3, 0.4) is 0 Å². The summed E-state index contributed by atoms with van der Waals surface area (Å²) in [5.41, 5.74) is -1.35. The maximum atomic E-state index is 13.3. The highest BCUT2D eigenvalue weighted by molar-refractivity contribution is 5.49. The normalized spacial score (nSPS) is 11.8. The lowest BCUT2D eigenvalue weighted by Crippen LogP contribution is -2.21. The van der Waals surface area contributed by atoms with Crippen molar-refractivity contribution in [1.82, 2.24) is 23.9 Å². The molecule has 0 saturated heterocycles. The summed E-state index contributed by atoms with van der Waals surface area (Å²) in [4.78, 5) is 15.5. The summed E-state index contributed by atoms with van der Waals surface area (Å²) in [6, 6.07) is 3.60. The number of halogens is 3. The third-order valence-corrected chi connectivity index (χ3v) is 3.18. The van der Waals surface area contributed by atoms with Gasteiger partial charge in [-0.3, -0.25) is 4.57 Å². The van der Waals surface area contributed by atoms with Gasteiger partial charge in [0, 0.05) is 19.4 Å². The summed E-state index contributed by atoms with van der Waals surface area (Å²) in [5, 5.41) is 3.72. The Labute approximate surface area is 122 Å². The van der Waals surface area contributed by atoms with Crippen LogP contribution in [0.25, 0.3) is 11.4 Å². The molecule has 0 aliphatic heterocycles. The molecule has 0 spiro atoms. The van der Waals surface area contributed by atoms with Crippen molar-refractivity contribution in [3.05, 3.63) is 59.3 Å². The fraction of sp³-hybridized carbons (Fsp3) is 0.154. The number of hydrogen-bond acceptors (Lipinski definition) is 3. The van der Waals surface area contributed by atoms with Crippen LogP contribution in [0.15, 0.2) is 48.0 Å². The summed E-state index contributed by atoms with van der Waals surface area (Å²) in [5.74, 6) is 0. The lowest BCUT2D eigenvalue weighted by atomic mass is 10.1. The zero-order valence-corrected chi connectivity index (χ0v) is 11.3. The minimum atomic E-state index is -4.59. The predicted molar refractivity (Wildman–Crippen MR) is 70.9 cm³/mol. The van der Waals surface area contributed by atoms with E-state index in [1.807, 2.05) is 0 Å². The second-order valence-electron chi connectivity index (χ2n) is 4.60. The first-order chi connectivity index (χ1) is 10.4. The molecule has 9 heteroatoms. The number of hydrogen-bond donors (Lipinski definition) is 0. The molecule has 0 N–H and O–H groups in total. The van der Waals surface area contributed by atoms with Gasteiger partial charge in [-0.15, -0.1) is 0 Å². The number of alkyl halides is 3. The van der Waals surface area contributed by atoms with Crippen molar-refractivity contribution in [3.63, 3.8) is 0 Å². The minimum Gasteiger partial charge on any atom is -0.302 e. The summed E-state index contributed by atoms with van der Waals surface area (Å²) < 4.78 is 43.3. The van der Waals surface area contributed by atoms with Gasteiger partial charge in [-0.1, -0.05) is 0 Å². The highest BCUT2D eigenvalue weighted by Gasteiger charge is 2.34. The first-order valence-electron chi connectivity index (χ1n) is 6.18.